The molecular weight excluding hydrogens is 765 g/mol. The Hall–Kier alpha value is -7.59. The highest BCUT2D eigenvalue weighted by Crippen LogP contribution is 2.44. The van der Waals surface area contributed by atoms with Gasteiger partial charge in [0.2, 0.25) is 0 Å². The molecule has 1 aromatic heterocycles. The molecule has 0 bridgehead atoms. The van der Waals surface area contributed by atoms with Crippen molar-refractivity contribution in [2.45, 2.75) is 13.3 Å². The normalized spacial score (nSPS) is 11.7. The summed E-state index contributed by atoms with van der Waals surface area (Å²) in [5, 5.41) is 10.5. The average Bonchev–Trinajstić information content (AvgIpc) is 3.73. The summed E-state index contributed by atoms with van der Waals surface area (Å²) in [5.74, 6) is 1.06. The summed E-state index contributed by atoms with van der Waals surface area (Å²) in [7, 11) is -2.65. The van der Waals surface area contributed by atoms with E-state index >= 15 is 0 Å². The highest BCUT2D eigenvalue weighted by atomic mass is 28.3. The fraction of sp³-hybridized carbons (Fsp3) is 0.0339. The van der Waals surface area contributed by atoms with Gasteiger partial charge in [0.1, 0.15) is 5.82 Å². The van der Waals surface area contributed by atoms with Crippen LogP contribution in [-0.4, -0.2) is 17.6 Å². The largest absolute Gasteiger partial charge is 0.296 e. The average molecular weight is 809 g/mol. The Kier molecular flexibility index (Phi) is 9.52. The molecule has 0 saturated heterocycles. The van der Waals surface area contributed by atoms with Gasteiger partial charge in [-0.15, -0.1) is 0 Å². The number of hydrogen-bond donors (Lipinski definition) is 0. The smallest absolute Gasteiger partial charge is 0.179 e. The van der Waals surface area contributed by atoms with E-state index in [2.05, 4.69) is 248 Å². The van der Waals surface area contributed by atoms with E-state index in [0.29, 0.717) is 0 Å². The van der Waals surface area contributed by atoms with Crippen molar-refractivity contribution < 1.29 is 0 Å². The van der Waals surface area contributed by atoms with E-state index < -0.39 is 8.07 Å². The van der Waals surface area contributed by atoms with Gasteiger partial charge in [0.05, 0.1) is 11.0 Å². The number of aromatic nitrogens is 2. The fourth-order valence-electron chi connectivity index (χ4n) is 9.94. The van der Waals surface area contributed by atoms with Crippen molar-refractivity contribution in [1.29, 1.82) is 0 Å². The van der Waals surface area contributed by atoms with Crippen LogP contribution in [0.1, 0.15) is 12.7 Å². The maximum Gasteiger partial charge on any atom is 0.179 e. The van der Waals surface area contributed by atoms with Gasteiger partial charge < -0.3 is 0 Å². The topological polar surface area (TPSA) is 17.8 Å². The van der Waals surface area contributed by atoms with Gasteiger partial charge in [0.25, 0.3) is 0 Å². The number of aryl methyl sites for hydroxylation is 1. The molecule has 0 amide bonds. The predicted octanol–water partition coefficient (Wildman–Crippen LogP) is 12.3. The van der Waals surface area contributed by atoms with E-state index in [4.69, 9.17) is 4.98 Å². The number of rotatable bonds is 9. The molecule has 0 saturated carbocycles. The zero-order valence-electron chi connectivity index (χ0n) is 34.6. The van der Waals surface area contributed by atoms with E-state index in [0.717, 1.165) is 29.0 Å². The minimum Gasteiger partial charge on any atom is -0.296 e. The molecule has 0 aliphatic rings. The van der Waals surface area contributed by atoms with Gasteiger partial charge >= 0.3 is 0 Å². The first-order chi connectivity index (χ1) is 30.7. The molecule has 0 unspecified atom stereocenters. The van der Waals surface area contributed by atoms with Crippen LogP contribution >= 0.6 is 0 Å². The van der Waals surface area contributed by atoms with Crippen LogP contribution in [0.3, 0.4) is 0 Å². The van der Waals surface area contributed by atoms with Crippen LogP contribution in [0.5, 0.6) is 0 Å². The van der Waals surface area contributed by atoms with E-state index in [1.54, 1.807) is 0 Å². The van der Waals surface area contributed by atoms with Gasteiger partial charge in [-0.25, -0.2) is 4.98 Å². The maximum absolute atomic E-state index is 5.12. The summed E-state index contributed by atoms with van der Waals surface area (Å²) >= 11 is 0. The third kappa shape index (κ3) is 6.20. The maximum atomic E-state index is 5.12. The molecule has 3 heteroatoms. The van der Waals surface area contributed by atoms with Gasteiger partial charge in [-0.05, 0) is 99.9 Å². The molecule has 0 atom stereocenters. The second kappa shape index (κ2) is 15.8. The minimum atomic E-state index is -2.65. The Morgan fingerprint density at radius 1 is 0.371 bits per heavy atom. The summed E-state index contributed by atoms with van der Waals surface area (Å²) in [6, 6.07) is 87.3. The van der Waals surface area contributed by atoms with Crippen LogP contribution in [0.2, 0.25) is 0 Å². The summed E-state index contributed by atoms with van der Waals surface area (Å²) in [6.45, 7) is 2.19. The van der Waals surface area contributed by atoms with E-state index in [9.17, 15) is 0 Å². The molecule has 0 aliphatic heterocycles. The number of imidazole rings is 1. The first-order valence-electron chi connectivity index (χ1n) is 21.6. The number of benzene rings is 10. The molecule has 11 aromatic rings. The molecule has 0 N–H and O–H groups in total. The molecule has 2 nitrogen and oxygen atoms in total. The second-order valence-corrected chi connectivity index (χ2v) is 19.9. The Balaban J connectivity index is 1.04. The van der Waals surface area contributed by atoms with Gasteiger partial charge in [0, 0.05) is 12.1 Å². The minimum absolute atomic E-state index is 0.836. The lowest BCUT2D eigenvalue weighted by atomic mass is 9.86. The summed E-state index contributed by atoms with van der Waals surface area (Å²) in [4.78, 5) is 5.12. The molecule has 0 fully saturated rings. The van der Waals surface area contributed by atoms with E-state index in [1.807, 2.05) is 0 Å². The second-order valence-electron chi connectivity index (χ2n) is 16.1. The van der Waals surface area contributed by atoms with Crippen molar-refractivity contribution in [3.05, 3.63) is 242 Å². The SMILES string of the molecule is CCc1nc2cc(-c3ccccc3)ccc2n1-c1ccc(-c2c3ccccc3c(-c3ccc([Si](c4ccccc4)(c4ccccc4)c4ccccc4)cc3)c3ccccc23)cc1. The van der Waals surface area contributed by atoms with Crippen molar-refractivity contribution in [3.8, 4) is 39.1 Å². The first kappa shape index (κ1) is 37.4. The van der Waals surface area contributed by atoms with E-state index in [1.165, 1.54) is 75.7 Å². The van der Waals surface area contributed by atoms with Gasteiger partial charge in [0.15, 0.2) is 8.07 Å². The van der Waals surface area contributed by atoms with Crippen LogP contribution in [0.15, 0.2) is 237 Å². The third-order valence-electron chi connectivity index (χ3n) is 12.7. The Labute approximate surface area is 364 Å². The molecule has 0 aliphatic carbocycles. The molecule has 62 heavy (non-hydrogen) atoms. The summed E-state index contributed by atoms with van der Waals surface area (Å²) in [6.07, 6.45) is 0.836. The van der Waals surface area contributed by atoms with Crippen LogP contribution in [0, 0.1) is 0 Å². The van der Waals surface area contributed by atoms with Gasteiger partial charge in [-0.3, -0.25) is 4.57 Å². The summed E-state index contributed by atoms with van der Waals surface area (Å²) < 4.78 is 2.32. The highest BCUT2D eigenvalue weighted by molar-refractivity contribution is 7.19. The fourth-order valence-corrected chi connectivity index (χ4v) is 14.7. The Morgan fingerprint density at radius 2 is 0.758 bits per heavy atom. The zero-order valence-corrected chi connectivity index (χ0v) is 35.6. The Morgan fingerprint density at radius 3 is 1.21 bits per heavy atom. The van der Waals surface area contributed by atoms with E-state index in [-0.39, 0.29) is 0 Å². The molecular formula is C59H44N2Si. The third-order valence-corrected chi connectivity index (χ3v) is 17.5. The van der Waals surface area contributed by atoms with Gasteiger partial charge in [-0.2, -0.15) is 0 Å². The zero-order chi connectivity index (χ0) is 41.5. The molecule has 1 heterocycles. The van der Waals surface area contributed by atoms with Gasteiger partial charge in [-0.1, -0.05) is 219 Å². The van der Waals surface area contributed by atoms with Crippen LogP contribution in [0.25, 0.3) is 71.6 Å². The lowest BCUT2D eigenvalue weighted by molar-refractivity contribution is 0.908. The summed E-state index contributed by atoms with van der Waals surface area (Å²) in [5.41, 5.74) is 10.6. The van der Waals surface area contributed by atoms with Crippen molar-refractivity contribution in [3.63, 3.8) is 0 Å². The molecule has 0 radical (unpaired) electrons. The monoisotopic (exact) mass is 808 g/mol. The van der Waals surface area contributed by atoms with Crippen LogP contribution in [-0.2, 0) is 6.42 Å². The highest BCUT2D eigenvalue weighted by Gasteiger charge is 2.41. The number of fused-ring (bicyclic) bond motifs is 3. The lowest BCUT2D eigenvalue weighted by Gasteiger charge is -2.34. The molecule has 294 valence electrons. The van der Waals surface area contributed by atoms with Crippen molar-refractivity contribution in [2.24, 2.45) is 0 Å². The Bertz CT molecular complexity index is 3190. The molecule has 0 spiro atoms. The first-order valence-corrected chi connectivity index (χ1v) is 23.6. The number of nitrogens with zero attached hydrogens (tertiary/aromatic N) is 2. The predicted molar refractivity (Wildman–Crippen MR) is 265 cm³/mol. The van der Waals surface area contributed by atoms with Crippen molar-refractivity contribution in [1.82, 2.24) is 9.55 Å². The molecule has 11 rings (SSSR count). The van der Waals surface area contributed by atoms with Crippen LogP contribution in [0.4, 0.5) is 0 Å². The van der Waals surface area contributed by atoms with Crippen molar-refractivity contribution >= 4 is 61.4 Å². The number of hydrogen-bond acceptors (Lipinski definition) is 1. The van der Waals surface area contributed by atoms with Crippen molar-refractivity contribution in [2.75, 3.05) is 0 Å². The van der Waals surface area contributed by atoms with Crippen LogP contribution < -0.4 is 20.7 Å². The quantitative estimate of drug-likeness (QED) is 0.0807. The standard InChI is InChI=1S/C59H44N2Si/c1-2-57-60-55-41-45(42-19-7-3-8-20-42)35-40-56(55)61(57)46-36-31-43(32-37-46)58-51-27-15-17-29-53(51)59(54-30-18-16-28-52(54)58)44-33-38-50(39-34-44)62(47-21-9-4-10-22-47,48-23-11-5-12-24-48)49-25-13-6-14-26-49/h3-41H,2H2,1H3. The molecule has 10 aromatic carbocycles. The lowest BCUT2D eigenvalue weighted by Crippen LogP contribution is -2.74.